The third-order valence-electron chi connectivity index (χ3n) is 2.26. The van der Waals surface area contributed by atoms with Crippen LogP contribution in [-0.2, 0) is 0 Å². The van der Waals surface area contributed by atoms with Crippen LogP contribution in [0.1, 0.15) is 5.56 Å². The quantitative estimate of drug-likeness (QED) is 0.604. The second kappa shape index (κ2) is 5.91. The number of halogens is 4. The third-order valence-corrected chi connectivity index (χ3v) is 3.66. The molecule has 0 unspecified atom stereocenters. The Morgan fingerprint density at radius 2 is 1.89 bits per heavy atom. The van der Waals surface area contributed by atoms with E-state index in [0.717, 1.165) is 10.5 Å². The second-order valence-electron chi connectivity index (χ2n) is 3.55. The zero-order valence-corrected chi connectivity index (χ0v) is 13.2. The van der Waals surface area contributed by atoms with E-state index in [9.17, 15) is 4.39 Å². The number of rotatable bonds is 2. The van der Waals surface area contributed by atoms with Gasteiger partial charge in [-0.3, -0.25) is 0 Å². The molecule has 2 rings (SSSR count). The molecular formula is C13H5Br2ClFNO. The van der Waals surface area contributed by atoms with Crippen LogP contribution in [0.25, 0.3) is 0 Å². The van der Waals surface area contributed by atoms with Gasteiger partial charge in [0.25, 0.3) is 0 Å². The molecule has 0 aliphatic rings. The summed E-state index contributed by atoms with van der Waals surface area (Å²) in [5.74, 6) is -0.0100. The van der Waals surface area contributed by atoms with Crippen LogP contribution in [0.15, 0.2) is 39.3 Å². The molecule has 0 aliphatic carbocycles. The lowest BCUT2D eigenvalue weighted by Gasteiger charge is -2.10. The van der Waals surface area contributed by atoms with Crippen molar-refractivity contribution < 1.29 is 9.13 Å². The highest BCUT2D eigenvalue weighted by atomic mass is 79.9. The van der Waals surface area contributed by atoms with Gasteiger partial charge in [0.1, 0.15) is 23.4 Å². The van der Waals surface area contributed by atoms with Gasteiger partial charge < -0.3 is 4.74 Å². The normalized spacial score (nSPS) is 10.1. The van der Waals surface area contributed by atoms with Crippen LogP contribution < -0.4 is 4.74 Å². The average molecular weight is 405 g/mol. The van der Waals surface area contributed by atoms with Crippen molar-refractivity contribution in [3.05, 3.63) is 55.7 Å². The maximum Gasteiger partial charge on any atom is 0.146 e. The molecule has 0 spiro atoms. The van der Waals surface area contributed by atoms with Crippen LogP contribution in [0.4, 0.5) is 4.39 Å². The summed E-state index contributed by atoms with van der Waals surface area (Å²) in [7, 11) is 0. The number of benzene rings is 2. The van der Waals surface area contributed by atoms with Gasteiger partial charge in [0.2, 0.25) is 0 Å². The number of hydrogen-bond acceptors (Lipinski definition) is 2. The number of nitriles is 1. The zero-order valence-electron chi connectivity index (χ0n) is 9.25. The van der Waals surface area contributed by atoms with E-state index >= 15 is 0 Å². The van der Waals surface area contributed by atoms with E-state index in [2.05, 4.69) is 31.9 Å². The molecule has 0 saturated heterocycles. The minimum absolute atomic E-state index is 0.00558. The van der Waals surface area contributed by atoms with Crippen LogP contribution in [-0.4, -0.2) is 0 Å². The maximum absolute atomic E-state index is 13.4. The summed E-state index contributed by atoms with van der Waals surface area (Å²) < 4.78 is 20.2. The van der Waals surface area contributed by atoms with Crippen molar-refractivity contribution in [1.82, 2.24) is 0 Å². The minimum Gasteiger partial charge on any atom is -0.455 e. The van der Waals surface area contributed by atoms with E-state index in [1.54, 1.807) is 18.2 Å². The summed E-state index contributed by atoms with van der Waals surface area (Å²) in [4.78, 5) is 0. The molecule has 19 heavy (non-hydrogen) atoms. The van der Waals surface area contributed by atoms with Crippen molar-refractivity contribution in [3.63, 3.8) is 0 Å². The molecular weight excluding hydrogens is 400 g/mol. The molecule has 2 nitrogen and oxygen atoms in total. The van der Waals surface area contributed by atoms with Crippen molar-refractivity contribution in [1.29, 1.82) is 5.26 Å². The maximum atomic E-state index is 13.4. The Hall–Kier alpha value is -1.09. The molecule has 0 radical (unpaired) electrons. The van der Waals surface area contributed by atoms with E-state index < -0.39 is 5.82 Å². The highest BCUT2D eigenvalue weighted by Crippen LogP contribution is 2.35. The van der Waals surface area contributed by atoms with Crippen LogP contribution in [0.2, 0.25) is 5.02 Å². The first-order valence-corrected chi connectivity index (χ1v) is 6.99. The molecule has 0 heterocycles. The molecule has 6 heteroatoms. The zero-order chi connectivity index (χ0) is 14.0. The Morgan fingerprint density at radius 1 is 1.16 bits per heavy atom. The Balaban J connectivity index is 2.45. The molecule has 96 valence electrons. The standard InChI is InChI=1S/C13H5Br2ClFNO/c14-8-2-1-7(6-18)12(3-8)19-13-5-11(17)10(16)4-9(13)15/h1-5H. The summed E-state index contributed by atoms with van der Waals surface area (Å²) in [5.41, 5.74) is 0.352. The van der Waals surface area contributed by atoms with Gasteiger partial charge in [0, 0.05) is 10.5 Å². The first-order chi connectivity index (χ1) is 9.01. The molecule has 0 aliphatic heterocycles. The molecule has 2 aromatic rings. The third kappa shape index (κ3) is 3.27. The molecule has 2 aromatic carbocycles. The lowest BCUT2D eigenvalue weighted by Crippen LogP contribution is -1.91. The molecule has 0 amide bonds. The van der Waals surface area contributed by atoms with Gasteiger partial charge in [-0.05, 0) is 40.2 Å². The van der Waals surface area contributed by atoms with E-state index in [4.69, 9.17) is 21.6 Å². The number of hydrogen-bond donors (Lipinski definition) is 0. The minimum atomic E-state index is -0.589. The fraction of sp³-hybridized carbons (Fsp3) is 0. The van der Waals surface area contributed by atoms with E-state index in [0.29, 0.717) is 15.8 Å². The average Bonchev–Trinajstić information content (AvgIpc) is 2.36. The molecule has 0 fully saturated rings. The van der Waals surface area contributed by atoms with Crippen LogP contribution in [0.5, 0.6) is 11.5 Å². The molecule has 0 atom stereocenters. The van der Waals surface area contributed by atoms with Crippen molar-refractivity contribution in [2.24, 2.45) is 0 Å². The fourth-order valence-electron chi connectivity index (χ4n) is 1.37. The summed E-state index contributed by atoms with van der Waals surface area (Å²) in [6, 6.07) is 9.54. The van der Waals surface area contributed by atoms with Crippen molar-refractivity contribution in [2.75, 3.05) is 0 Å². The Bertz CT molecular complexity index is 685. The van der Waals surface area contributed by atoms with Crippen molar-refractivity contribution >= 4 is 43.5 Å². The Labute approximate surface area is 131 Å². The molecule has 0 bridgehead atoms. The lowest BCUT2D eigenvalue weighted by molar-refractivity contribution is 0.472. The van der Waals surface area contributed by atoms with E-state index in [1.165, 1.54) is 6.07 Å². The second-order valence-corrected chi connectivity index (χ2v) is 5.73. The van der Waals surface area contributed by atoms with E-state index in [1.807, 2.05) is 6.07 Å². The highest BCUT2D eigenvalue weighted by Gasteiger charge is 2.11. The topological polar surface area (TPSA) is 33.0 Å². The SMILES string of the molecule is N#Cc1ccc(Br)cc1Oc1cc(F)c(Cl)cc1Br. The molecule has 0 aromatic heterocycles. The van der Waals surface area contributed by atoms with Crippen molar-refractivity contribution in [3.8, 4) is 17.6 Å². The van der Waals surface area contributed by atoms with Crippen LogP contribution >= 0.6 is 43.5 Å². The number of ether oxygens (including phenoxy) is 1. The lowest BCUT2D eigenvalue weighted by atomic mass is 10.2. The Morgan fingerprint density at radius 3 is 2.58 bits per heavy atom. The van der Waals surface area contributed by atoms with Gasteiger partial charge in [-0.2, -0.15) is 5.26 Å². The van der Waals surface area contributed by atoms with E-state index in [-0.39, 0.29) is 10.8 Å². The largest absolute Gasteiger partial charge is 0.455 e. The number of nitrogens with zero attached hydrogens (tertiary/aromatic N) is 1. The first kappa shape index (κ1) is 14.3. The fourth-order valence-corrected chi connectivity index (χ4v) is 2.43. The highest BCUT2D eigenvalue weighted by molar-refractivity contribution is 9.10. The van der Waals surface area contributed by atoms with Gasteiger partial charge in [-0.15, -0.1) is 0 Å². The summed E-state index contributed by atoms with van der Waals surface area (Å²) in [5, 5.41) is 9.00. The first-order valence-electron chi connectivity index (χ1n) is 5.03. The monoisotopic (exact) mass is 403 g/mol. The van der Waals surface area contributed by atoms with Gasteiger partial charge in [-0.25, -0.2) is 4.39 Å². The van der Waals surface area contributed by atoms with Crippen LogP contribution in [0, 0.1) is 17.1 Å². The molecule has 0 saturated carbocycles. The summed E-state index contributed by atoms with van der Waals surface area (Å²) in [6.07, 6.45) is 0. The van der Waals surface area contributed by atoms with Crippen LogP contribution in [0.3, 0.4) is 0 Å². The predicted octanol–water partition coefficient (Wildman–Crippen LogP) is 5.67. The molecule has 0 N–H and O–H groups in total. The predicted molar refractivity (Wildman–Crippen MR) is 78.0 cm³/mol. The smallest absolute Gasteiger partial charge is 0.146 e. The Kier molecular flexibility index (Phi) is 4.46. The van der Waals surface area contributed by atoms with Gasteiger partial charge in [0.05, 0.1) is 15.1 Å². The van der Waals surface area contributed by atoms with Gasteiger partial charge in [0.15, 0.2) is 0 Å². The summed E-state index contributed by atoms with van der Waals surface area (Å²) >= 11 is 12.2. The van der Waals surface area contributed by atoms with Crippen molar-refractivity contribution in [2.45, 2.75) is 0 Å². The summed E-state index contributed by atoms with van der Waals surface area (Å²) in [6.45, 7) is 0. The van der Waals surface area contributed by atoms with Gasteiger partial charge >= 0.3 is 0 Å². The van der Waals surface area contributed by atoms with Gasteiger partial charge in [-0.1, -0.05) is 27.5 Å².